The van der Waals surface area contributed by atoms with E-state index >= 15 is 0 Å². The minimum Gasteiger partial charge on any atom is -0.393 e. The van der Waals surface area contributed by atoms with Gasteiger partial charge in [-0.05, 0) is 12.1 Å². The van der Waals surface area contributed by atoms with E-state index in [2.05, 4.69) is 10.6 Å². The van der Waals surface area contributed by atoms with Crippen LogP contribution >= 0.6 is 0 Å². The monoisotopic (exact) mass is 267 g/mol. The van der Waals surface area contributed by atoms with Crippen molar-refractivity contribution in [2.45, 2.75) is 0 Å². The van der Waals surface area contributed by atoms with E-state index in [9.17, 15) is 14.9 Å². The molecule has 1 aromatic rings. The van der Waals surface area contributed by atoms with Gasteiger partial charge in [0.1, 0.15) is 5.69 Å². The average molecular weight is 267 g/mol. The standard InChI is InChI=1S/C11H17N5O3/c1-15(2)11(17)14-6-5-13-8-3-4-10(16(18)19)9(12)7-8/h3-4,7,13H,5-6,12H2,1-2H3,(H,14,17). The molecule has 0 fully saturated rings. The second kappa shape index (κ2) is 6.43. The number of benzene rings is 1. The average Bonchev–Trinajstić information content (AvgIpc) is 2.33. The van der Waals surface area contributed by atoms with E-state index in [4.69, 9.17) is 5.73 Å². The molecule has 0 aromatic heterocycles. The summed E-state index contributed by atoms with van der Waals surface area (Å²) in [4.78, 5) is 22.7. The first-order chi connectivity index (χ1) is 8.91. The highest BCUT2D eigenvalue weighted by Gasteiger charge is 2.10. The number of nitrogens with two attached hydrogens (primary N) is 1. The molecule has 104 valence electrons. The topological polar surface area (TPSA) is 114 Å². The first-order valence-corrected chi connectivity index (χ1v) is 5.64. The number of nitrogens with one attached hydrogen (secondary N) is 2. The largest absolute Gasteiger partial charge is 0.393 e. The van der Waals surface area contributed by atoms with Gasteiger partial charge in [0.05, 0.1) is 4.92 Å². The number of carbonyl (C=O) groups is 1. The first-order valence-electron chi connectivity index (χ1n) is 5.64. The Morgan fingerprint density at radius 2 is 2.11 bits per heavy atom. The minimum absolute atomic E-state index is 0.104. The zero-order valence-electron chi connectivity index (χ0n) is 10.8. The number of hydrogen-bond donors (Lipinski definition) is 3. The van der Waals surface area contributed by atoms with Crippen LogP contribution < -0.4 is 16.4 Å². The quantitative estimate of drug-likeness (QED) is 0.317. The maximum Gasteiger partial charge on any atom is 0.316 e. The highest BCUT2D eigenvalue weighted by Crippen LogP contribution is 2.24. The normalized spacial score (nSPS) is 9.79. The summed E-state index contributed by atoms with van der Waals surface area (Å²) < 4.78 is 0. The summed E-state index contributed by atoms with van der Waals surface area (Å²) in [6.45, 7) is 0.935. The highest BCUT2D eigenvalue weighted by atomic mass is 16.6. The summed E-state index contributed by atoms with van der Waals surface area (Å²) in [6.07, 6.45) is 0. The molecule has 19 heavy (non-hydrogen) atoms. The van der Waals surface area contributed by atoms with Gasteiger partial charge in [-0.1, -0.05) is 0 Å². The van der Waals surface area contributed by atoms with Crippen molar-refractivity contribution >= 4 is 23.1 Å². The van der Waals surface area contributed by atoms with E-state index < -0.39 is 4.92 Å². The lowest BCUT2D eigenvalue weighted by Crippen LogP contribution is -2.37. The second-order valence-corrected chi connectivity index (χ2v) is 4.08. The van der Waals surface area contributed by atoms with E-state index in [-0.39, 0.29) is 17.4 Å². The van der Waals surface area contributed by atoms with Gasteiger partial charge in [0.2, 0.25) is 0 Å². The summed E-state index contributed by atoms with van der Waals surface area (Å²) in [5.41, 5.74) is 6.21. The molecule has 0 radical (unpaired) electrons. The molecule has 0 heterocycles. The third-order valence-corrected chi connectivity index (χ3v) is 2.36. The number of nitrogens with zero attached hydrogens (tertiary/aromatic N) is 2. The van der Waals surface area contributed by atoms with Crippen molar-refractivity contribution in [3.63, 3.8) is 0 Å². The fraction of sp³-hybridized carbons (Fsp3) is 0.364. The molecule has 0 saturated carbocycles. The Kier molecular flexibility index (Phi) is 4.92. The number of nitro groups is 1. The van der Waals surface area contributed by atoms with Gasteiger partial charge in [-0.3, -0.25) is 10.1 Å². The van der Waals surface area contributed by atoms with Crippen LogP contribution in [0.1, 0.15) is 0 Å². The Morgan fingerprint density at radius 1 is 1.42 bits per heavy atom. The number of nitrogen functional groups attached to an aromatic ring is 1. The summed E-state index contributed by atoms with van der Waals surface area (Å²) in [5, 5.41) is 16.3. The molecule has 8 nitrogen and oxygen atoms in total. The summed E-state index contributed by atoms with van der Waals surface area (Å²) in [7, 11) is 3.31. The lowest BCUT2D eigenvalue weighted by atomic mass is 10.2. The van der Waals surface area contributed by atoms with Crippen LogP contribution in [0, 0.1) is 10.1 Å². The molecule has 8 heteroatoms. The van der Waals surface area contributed by atoms with Gasteiger partial charge in [0, 0.05) is 38.9 Å². The SMILES string of the molecule is CN(C)C(=O)NCCNc1ccc([N+](=O)[O-])c(N)c1. The molecule has 0 unspecified atom stereocenters. The summed E-state index contributed by atoms with van der Waals surface area (Å²) >= 11 is 0. The van der Waals surface area contributed by atoms with Crippen molar-refractivity contribution in [1.82, 2.24) is 10.2 Å². The Balaban J connectivity index is 2.44. The van der Waals surface area contributed by atoms with E-state index in [0.29, 0.717) is 18.8 Å². The number of rotatable bonds is 5. The second-order valence-electron chi connectivity index (χ2n) is 4.08. The van der Waals surface area contributed by atoms with Gasteiger partial charge in [-0.2, -0.15) is 0 Å². The smallest absolute Gasteiger partial charge is 0.316 e. The van der Waals surface area contributed by atoms with Gasteiger partial charge in [-0.25, -0.2) is 4.79 Å². The Morgan fingerprint density at radius 3 is 2.63 bits per heavy atom. The predicted molar refractivity (Wildman–Crippen MR) is 73.1 cm³/mol. The number of carbonyl (C=O) groups excluding carboxylic acids is 1. The number of anilines is 2. The molecular weight excluding hydrogens is 250 g/mol. The molecule has 2 amide bonds. The van der Waals surface area contributed by atoms with E-state index in [1.54, 1.807) is 20.2 Å². The maximum absolute atomic E-state index is 11.2. The molecular formula is C11H17N5O3. The first kappa shape index (κ1) is 14.6. The van der Waals surface area contributed by atoms with Crippen LogP contribution in [0.15, 0.2) is 18.2 Å². The third kappa shape index (κ3) is 4.34. The summed E-state index contributed by atoms with van der Waals surface area (Å²) in [5.74, 6) is 0. The van der Waals surface area contributed by atoms with Crippen LogP contribution in [0.2, 0.25) is 0 Å². The molecule has 4 N–H and O–H groups in total. The van der Waals surface area contributed by atoms with Crippen LogP contribution in [0.4, 0.5) is 21.9 Å². The molecule has 1 rings (SSSR count). The van der Waals surface area contributed by atoms with Crippen molar-refractivity contribution < 1.29 is 9.72 Å². The molecule has 0 atom stereocenters. The van der Waals surface area contributed by atoms with Crippen molar-refractivity contribution in [2.24, 2.45) is 0 Å². The molecule has 0 bridgehead atoms. The highest BCUT2D eigenvalue weighted by molar-refractivity contribution is 5.73. The van der Waals surface area contributed by atoms with E-state index in [1.807, 2.05) is 0 Å². The zero-order chi connectivity index (χ0) is 14.4. The number of amides is 2. The molecule has 0 saturated heterocycles. The van der Waals surface area contributed by atoms with Crippen LogP contribution in [-0.2, 0) is 0 Å². The Labute approximate surface area is 110 Å². The molecule has 0 aliphatic rings. The molecule has 0 aliphatic heterocycles. The summed E-state index contributed by atoms with van der Waals surface area (Å²) in [6, 6.07) is 4.23. The number of nitro benzene ring substituents is 1. The Bertz CT molecular complexity index is 475. The van der Waals surface area contributed by atoms with Crippen LogP contribution in [0.3, 0.4) is 0 Å². The van der Waals surface area contributed by atoms with Crippen molar-refractivity contribution in [3.8, 4) is 0 Å². The van der Waals surface area contributed by atoms with Crippen molar-refractivity contribution in [1.29, 1.82) is 0 Å². The lowest BCUT2D eigenvalue weighted by molar-refractivity contribution is -0.383. The van der Waals surface area contributed by atoms with Crippen molar-refractivity contribution in [2.75, 3.05) is 38.2 Å². The van der Waals surface area contributed by atoms with Gasteiger partial charge >= 0.3 is 6.03 Å². The van der Waals surface area contributed by atoms with E-state index in [1.165, 1.54) is 17.0 Å². The zero-order valence-corrected chi connectivity index (χ0v) is 10.8. The fourth-order valence-corrected chi connectivity index (χ4v) is 1.37. The fourth-order valence-electron chi connectivity index (χ4n) is 1.37. The van der Waals surface area contributed by atoms with Gasteiger partial charge in [0.25, 0.3) is 5.69 Å². The van der Waals surface area contributed by atoms with E-state index in [0.717, 1.165) is 0 Å². The Hall–Kier alpha value is -2.51. The number of urea groups is 1. The predicted octanol–water partition coefficient (Wildman–Crippen LogP) is 0.860. The van der Waals surface area contributed by atoms with Crippen molar-refractivity contribution in [3.05, 3.63) is 28.3 Å². The number of hydrogen-bond acceptors (Lipinski definition) is 5. The molecule has 1 aromatic carbocycles. The van der Waals surface area contributed by atoms with Gasteiger partial charge < -0.3 is 21.3 Å². The van der Waals surface area contributed by atoms with Crippen LogP contribution in [0.25, 0.3) is 0 Å². The molecule has 0 aliphatic carbocycles. The van der Waals surface area contributed by atoms with Crippen LogP contribution in [-0.4, -0.2) is 43.0 Å². The lowest BCUT2D eigenvalue weighted by Gasteiger charge is -2.12. The van der Waals surface area contributed by atoms with Crippen LogP contribution in [0.5, 0.6) is 0 Å². The minimum atomic E-state index is -0.531. The third-order valence-electron chi connectivity index (χ3n) is 2.36. The molecule has 0 spiro atoms. The van der Waals surface area contributed by atoms with Gasteiger partial charge in [-0.15, -0.1) is 0 Å². The van der Waals surface area contributed by atoms with Gasteiger partial charge in [0.15, 0.2) is 0 Å². The maximum atomic E-state index is 11.2.